The van der Waals surface area contributed by atoms with Crippen LogP contribution in [-0.2, 0) is 9.47 Å². The summed E-state index contributed by atoms with van der Waals surface area (Å²) in [5.74, 6) is -1.07. The number of carbonyl (C=O) groups excluding carboxylic acids is 4. The second-order valence-electron chi connectivity index (χ2n) is 11.5. The molecule has 0 bridgehead atoms. The highest BCUT2D eigenvalue weighted by Crippen LogP contribution is 2.45. The summed E-state index contributed by atoms with van der Waals surface area (Å²) in [6, 6.07) is 36.6. The standard InChI is InChI=1S/C41H24O8/c1-23-20-21-29-31(22-23)39(49-41(45)47-33-19-9-13-25-11-3-5-15-27(25)33)35-34(37(29)43)38(30-17-7-6-16-28(30)36(35)42)48-40(44)46-32-18-8-12-24-10-2-4-14-26(24)32/h2-22H,1H3. The molecule has 0 aromatic heterocycles. The molecule has 0 N–H and O–H groups in total. The molecule has 0 unspecified atom stereocenters. The number of ketones is 2. The van der Waals surface area contributed by atoms with Gasteiger partial charge in [-0.1, -0.05) is 115 Å². The molecule has 0 radical (unpaired) electrons. The Labute approximate surface area is 279 Å². The summed E-state index contributed by atoms with van der Waals surface area (Å²) in [6.07, 6.45) is -2.24. The van der Waals surface area contributed by atoms with Crippen LogP contribution in [0.15, 0.2) is 139 Å². The van der Waals surface area contributed by atoms with Crippen LogP contribution in [0, 0.1) is 6.92 Å². The molecule has 8 nitrogen and oxygen atoms in total. The monoisotopic (exact) mass is 644 g/mol. The first kappa shape index (κ1) is 29.6. The molecule has 8 heteroatoms. The Bertz CT molecular complexity index is 2480. The van der Waals surface area contributed by atoms with Gasteiger partial charge in [0.1, 0.15) is 11.5 Å². The zero-order chi connectivity index (χ0) is 33.6. The van der Waals surface area contributed by atoms with Crippen LogP contribution in [0.3, 0.4) is 0 Å². The van der Waals surface area contributed by atoms with Crippen molar-refractivity contribution >= 4 is 56.9 Å². The van der Waals surface area contributed by atoms with Gasteiger partial charge in [-0.05, 0) is 35.9 Å². The summed E-state index contributed by atoms with van der Waals surface area (Å²) in [6.45, 7) is 1.81. The maximum absolute atomic E-state index is 14.3. The van der Waals surface area contributed by atoms with Crippen molar-refractivity contribution in [2.24, 2.45) is 0 Å². The lowest BCUT2D eigenvalue weighted by molar-refractivity contribution is 0.0979. The van der Waals surface area contributed by atoms with Crippen LogP contribution in [0.25, 0.3) is 33.1 Å². The fourth-order valence-electron chi connectivity index (χ4n) is 6.29. The van der Waals surface area contributed by atoms with Crippen LogP contribution >= 0.6 is 0 Å². The average molecular weight is 645 g/mol. The molecule has 6 aromatic carbocycles. The van der Waals surface area contributed by atoms with Gasteiger partial charge in [-0.15, -0.1) is 0 Å². The van der Waals surface area contributed by atoms with E-state index in [1.54, 1.807) is 78.9 Å². The summed E-state index contributed by atoms with van der Waals surface area (Å²) < 4.78 is 23.0. The van der Waals surface area contributed by atoms with Crippen molar-refractivity contribution in [3.05, 3.63) is 166 Å². The number of fused-ring (bicyclic) bond motifs is 5. The molecule has 0 fully saturated rings. The Morgan fingerprint density at radius 3 is 1.47 bits per heavy atom. The van der Waals surface area contributed by atoms with Crippen molar-refractivity contribution in [1.82, 2.24) is 0 Å². The topological polar surface area (TPSA) is 105 Å². The zero-order valence-corrected chi connectivity index (χ0v) is 25.9. The average Bonchev–Trinajstić information content (AvgIpc) is 3.11. The number of allylic oxidation sites excluding steroid dienone is 2. The Kier molecular flexibility index (Phi) is 7.11. The minimum Gasteiger partial charge on any atom is -0.394 e. The Morgan fingerprint density at radius 2 is 0.898 bits per heavy atom. The summed E-state index contributed by atoms with van der Waals surface area (Å²) in [4.78, 5) is 55.5. The number of carbonyl (C=O) groups is 4. The molecule has 2 aliphatic rings. The van der Waals surface area contributed by atoms with Gasteiger partial charge in [0.05, 0.1) is 11.1 Å². The Morgan fingerprint density at radius 1 is 0.449 bits per heavy atom. The van der Waals surface area contributed by atoms with Crippen molar-refractivity contribution in [1.29, 1.82) is 0 Å². The van der Waals surface area contributed by atoms with E-state index >= 15 is 0 Å². The molecule has 0 saturated heterocycles. The van der Waals surface area contributed by atoms with Crippen LogP contribution < -0.4 is 9.47 Å². The van der Waals surface area contributed by atoms with Gasteiger partial charge in [-0.3, -0.25) is 9.59 Å². The molecule has 6 aromatic rings. The first-order chi connectivity index (χ1) is 23.9. The molecule has 8 rings (SSSR count). The second-order valence-corrected chi connectivity index (χ2v) is 11.5. The Hall–Kier alpha value is -6.80. The number of hydrogen-bond donors (Lipinski definition) is 0. The van der Waals surface area contributed by atoms with Crippen LogP contribution in [0.2, 0.25) is 0 Å². The number of benzene rings is 6. The van der Waals surface area contributed by atoms with E-state index in [-0.39, 0.29) is 56.4 Å². The Balaban J connectivity index is 1.25. The summed E-state index contributed by atoms with van der Waals surface area (Å²) in [5, 5.41) is 3.05. The van der Waals surface area contributed by atoms with E-state index in [1.807, 2.05) is 55.5 Å². The van der Waals surface area contributed by atoms with E-state index in [4.69, 9.17) is 18.9 Å². The number of hydrogen-bond acceptors (Lipinski definition) is 8. The van der Waals surface area contributed by atoms with Crippen LogP contribution in [0.5, 0.6) is 11.5 Å². The summed E-state index contributed by atoms with van der Waals surface area (Å²) >= 11 is 0. The first-order valence-corrected chi connectivity index (χ1v) is 15.4. The summed E-state index contributed by atoms with van der Waals surface area (Å²) in [7, 11) is 0. The molecule has 0 spiro atoms. The highest BCUT2D eigenvalue weighted by atomic mass is 16.7. The van der Waals surface area contributed by atoms with Gasteiger partial charge in [0, 0.05) is 33.0 Å². The van der Waals surface area contributed by atoms with E-state index in [1.165, 1.54) is 0 Å². The molecule has 0 aliphatic heterocycles. The lowest BCUT2D eigenvalue weighted by Crippen LogP contribution is -2.29. The minimum atomic E-state index is -1.12. The molecule has 49 heavy (non-hydrogen) atoms. The van der Waals surface area contributed by atoms with Crippen LogP contribution in [0.4, 0.5) is 9.59 Å². The molecular weight excluding hydrogens is 620 g/mol. The number of aryl methyl sites for hydroxylation is 1. The van der Waals surface area contributed by atoms with Gasteiger partial charge >= 0.3 is 12.3 Å². The van der Waals surface area contributed by atoms with E-state index in [9.17, 15) is 19.2 Å². The first-order valence-electron chi connectivity index (χ1n) is 15.4. The van der Waals surface area contributed by atoms with Crippen LogP contribution in [0.1, 0.15) is 37.4 Å². The molecule has 0 atom stereocenters. The predicted octanol–water partition coefficient (Wildman–Crippen LogP) is 9.25. The van der Waals surface area contributed by atoms with E-state index in [0.29, 0.717) is 10.8 Å². The molecule has 0 saturated carbocycles. The number of Topliss-reactive ketones (excluding diaryl/α,β-unsaturated/α-hetero) is 2. The molecular formula is C41H24O8. The maximum Gasteiger partial charge on any atom is 0.519 e. The third-order valence-electron chi connectivity index (χ3n) is 8.50. The molecule has 2 aliphatic carbocycles. The minimum absolute atomic E-state index is 0.140. The van der Waals surface area contributed by atoms with Gasteiger partial charge in [0.25, 0.3) is 0 Å². The fraction of sp³-hybridized carbons (Fsp3) is 0.0244. The molecule has 236 valence electrons. The van der Waals surface area contributed by atoms with E-state index < -0.39 is 23.9 Å². The molecule has 0 amide bonds. The van der Waals surface area contributed by atoms with E-state index in [0.717, 1.165) is 16.3 Å². The third kappa shape index (κ3) is 5.12. The highest BCUT2D eigenvalue weighted by Gasteiger charge is 2.43. The largest absolute Gasteiger partial charge is 0.519 e. The number of ether oxygens (including phenoxy) is 4. The number of rotatable bonds is 4. The smallest absolute Gasteiger partial charge is 0.394 e. The van der Waals surface area contributed by atoms with Gasteiger partial charge in [-0.25, -0.2) is 9.59 Å². The lowest BCUT2D eigenvalue weighted by Gasteiger charge is -2.29. The van der Waals surface area contributed by atoms with Gasteiger partial charge in [0.2, 0.25) is 0 Å². The second kappa shape index (κ2) is 11.8. The fourth-order valence-corrected chi connectivity index (χ4v) is 6.29. The maximum atomic E-state index is 14.3. The van der Waals surface area contributed by atoms with Crippen molar-refractivity contribution in [2.45, 2.75) is 6.92 Å². The highest BCUT2D eigenvalue weighted by molar-refractivity contribution is 6.34. The van der Waals surface area contributed by atoms with E-state index in [2.05, 4.69) is 0 Å². The van der Waals surface area contributed by atoms with Crippen molar-refractivity contribution in [3.8, 4) is 11.5 Å². The van der Waals surface area contributed by atoms with Gasteiger partial charge in [-0.2, -0.15) is 0 Å². The predicted molar refractivity (Wildman–Crippen MR) is 182 cm³/mol. The quantitative estimate of drug-likeness (QED) is 0.138. The van der Waals surface area contributed by atoms with Gasteiger partial charge < -0.3 is 18.9 Å². The van der Waals surface area contributed by atoms with Crippen molar-refractivity contribution < 1.29 is 38.1 Å². The molecule has 0 heterocycles. The normalized spacial score (nSPS) is 13.5. The SMILES string of the molecule is Cc1ccc2c(c1)C(OC(=O)Oc1cccc3ccccc13)=C1C(=O)c3ccccc3C(OC(=O)Oc3cccc4ccccc34)=C1C2=O. The summed E-state index contributed by atoms with van der Waals surface area (Å²) in [5.41, 5.74) is 1.01. The van der Waals surface area contributed by atoms with Crippen molar-refractivity contribution in [3.63, 3.8) is 0 Å². The third-order valence-corrected chi connectivity index (χ3v) is 8.50. The lowest BCUT2D eigenvalue weighted by atomic mass is 9.76. The van der Waals surface area contributed by atoms with Crippen molar-refractivity contribution in [2.75, 3.05) is 0 Å². The van der Waals surface area contributed by atoms with Crippen LogP contribution in [-0.4, -0.2) is 23.9 Å². The van der Waals surface area contributed by atoms with Gasteiger partial charge in [0.15, 0.2) is 23.1 Å². The zero-order valence-electron chi connectivity index (χ0n) is 25.9.